The molecule has 56 valence electrons. The average molecular weight is 205 g/mol. The fourth-order valence-electron chi connectivity index (χ4n) is 1.00. The first kappa shape index (κ1) is 7.99. The number of hydrogen-bond donors (Lipinski definition) is 0. The Bertz CT molecular complexity index is 180. The van der Waals surface area contributed by atoms with Gasteiger partial charge in [0.1, 0.15) is 6.17 Å². The highest BCUT2D eigenvalue weighted by molar-refractivity contribution is 9.11. The van der Waals surface area contributed by atoms with E-state index in [0.29, 0.717) is 0 Å². The number of allylic oxidation sites excluding steroid dienone is 4. The van der Waals surface area contributed by atoms with E-state index in [1.165, 1.54) is 0 Å². The molecule has 1 atom stereocenters. The van der Waals surface area contributed by atoms with Gasteiger partial charge >= 0.3 is 0 Å². The van der Waals surface area contributed by atoms with Crippen molar-refractivity contribution in [1.82, 2.24) is 0 Å². The number of hydrogen-bond acceptors (Lipinski definition) is 0. The largest absolute Gasteiger partial charge is 0.243 e. The lowest BCUT2D eigenvalue weighted by Crippen LogP contribution is -2.00. The molecule has 0 aromatic rings. The van der Waals surface area contributed by atoms with Gasteiger partial charge in [-0.3, -0.25) is 0 Å². The van der Waals surface area contributed by atoms with E-state index in [0.717, 1.165) is 22.9 Å². The summed E-state index contributed by atoms with van der Waals surface area (Å²) in [5, 5.41) is 0. The van der Waals surface area contributed by atoms with Gasteiger partial charge in [0.15, 0.2) is 0 Å². The Hall–Kier alpha value is -0.110. The summed E-state index contributed by atoms with van der Waals surface area (Å²) in [6.07, 6.45) is 5.00. The molecule has 0 N–H and O–H groups in total. The van der Waals surface area contributed by atoms with E-state index in [1.807, 2.05) is 12.2 Å². The summed E-state index contributed by atoms with van der Waals surface area (Å²) in [7, 11) is 0. The third-order valence-electron chi connectivity index (χ3n) is 1.57. The summed E-state index contributed by atoms with van der Waals surface area (Å²) < 4.78 is 13.7. The van der Waals surface area contributed by atoms with Crippen LogP contribution in [0.4, 0.5) is 4.39 Å². The van der Waals surface area contributed by atoms with Crippen LogP contribution in [0, 0.1) is 0 Å². The molecule has 0 bridgehead atoms. The van der Waals surface area contributed by atoms with Gasteiger partial charge in [-0.05, 0) is 25.3 Å². The van der Waals surface area contributed by atoms with Crippen molar-refractivity contribution in [3.63, 3.8) is 0 Å². The normalized spacial score (nSPS) is 21.5. The molecule has 1 aliphatic carbocycles. The first-order valence-corrected chi connectivity index (χ1v) is 4.20. The van der Waals surface area contributed by atoms with Crippen LogP contribution in [0.25, 0.3) is 0 Å². The maximum absolute atomic E-state index is 12.7. The molecule has 0 saturated heterocycles. The van der Waals surface area contributed by atoms with Crippen molar-refractivity contribution in [1.29, 1.82) is 0 Å². The lowest BCUT2D eigenvalue weighted by molar-refractivity contribution is 0.415. The maximum atomic E-state index is 12.7. The van der Waals surface area contributed by atoms with Crippen LogP contribution in [0.5, 0.6) is 0 Å². The Morgan fingerprint density at radius 3 is 2.80 bits per heavy atom. The van der Waals surface area contributed by atoms with Gasteiger partial charge in [-0.25, -0.2) is 4.39 Å². The standard InChI is InChI=1S/C8H10BrF/c1-6(10)7-4-2-3-5-8(7)9/h2,4,6H,3,5H2,1H3. The van der Waals surface area contributed by atoms with Gasteiger partial charge in [-0.15, -0.1) is 0 Å². The molecule has 0 heterocycles. The highest BCUT2D eigenvalue weighted by Gasteiger charge is 2.10. The molecule has 0 radical (unpaired) electrons. The third kappa shape index (κ3) is 1.69. The summed E-state index contributed by atoms with van der Waals surface area (Å²) in [6.45, 7) is 1.56. The fraction of sp³-hybridized carbons (Fsp3) is 0.500. The van der Waals surface area contributed by atoms with Gasteiger partial charge < -0.3 is 0 Å². The Labute approximate surface area is 68.9 Å². The number of alkyl halides is 1. The maximum Gasteiger partial charge on any atom is 0.123 e. The predicted octanol–water partition coefficient (Wildman–Crippen LogP) is 3.34. The van der Waals surface area contributed by atoms with Crippen LogP contribution in [0.3, 0.4) is 0 Å². The highest BCUT2D eigenvalue weighted by atomic mass is 79.9. The van der Waals surface area contributed by atoms with E-state index in [9.17, 15) is 4.39 Å². The molecule has 0 saturated carbocycles. The molecular formula is C8H10BrF. The summed E-state index contributed by atoms with van der Waals surface area (Å²) in [6, 6.07) is 0. The van der Waals surface area contributed by atoms with Crippen molar-refractivity contribution < 1.29 is 4.39 Å². The smallest absolute Gasteiger partial charge is 0.123 e. The van der Waals surface area contributed by atoms with Gasteiger partial charge in [-0.1, -0.05) is 28.1 Å². The van der Waals surface area contributed by atoms with Crippen LogP contribution >= 0.6 is 15.9 Å². The first-order chi connectivity index (χ1) is 4.72. The lowest BCUT2D eigenvalue weighted by Gasteiger charge is -2.11. The molecule has 0 aromatic heterocycles. The predicted molar refractivity (Wildman–Crippen MR) is 44.9 cm³/mol. The van der Waals surface area contributed by atoms with Crippen molar-refractivity contribution >= 4 is 15.9 Å². The molecule has 0 aliphatic heterocycles. The number of halogens is 2. The highest BCUT2D eigenvalue weighted by Crippen LogP contribution is 2.27. The Kier molecular flexibility index (Phi) is 2.66. The zero-order chi connectivity index (χ0) is 7.56. The summed E-state index contributed by atoms with van der Waals surface area (Å²) in [5.74, 6) is 0. The van der Waals surface area contributed by atoms with Crippen molar-refractivity contribution in [2.75, 3.05) is 0 Å². The SMILES string of the molecule is CC(F)C1=C(Br)CCC=C1. The van der Waals surface area contributed by atoms with Crippen molar-refractivity contribution in [2.24, 2.45) is 0 Å². The minimum atomic E-state index is -0.842. The van der Waals surface area contributed by atoms with Crippen LogP contribution in [0.2, 0.25) is 0 Å². The summed E-state index contributed by atoms with van der Waals surface area (Å²) in [4.78, 5) is 0. The zero-order valence-electron chi connectivity index (χ0n) is 5.90. The molecular weight excluding hydrogens is 195 g/mol. The van der Waals surface area contributed by atoms with Crippen molar-refractivity contribution in [3.8, 4) is 0 Å². The monoisotopic (exact) mass is 204 g/mol. The molecule has 0 nitrogen and oxygen atoms in total. The zero-order valence-corrected chi connectivity index (χ0v) is 7.49. The van der Waals surface area contributed by atoms with Crippen LogP contribution in [0.15, 0.2) is 22.2 Å². The molecule has 2 heteroatoms. The Morgan fingerprint density at radius 1 is 1.70 bits per heavy atom. The molecule has 0 fully saturated rings. The second-order valence-corrected chi connectivity index (χ2v) is 3.37. The third-order valence-corrected chi connectivity index (χ3v) is 2.42. The van der Waals surface area contributed by atoms with E-state index >= 15 is 0 Å². The molecule has 1 unspecified atom stereocenters. The van der Waals surface area contributed by atoms with Gasteiger partial charge in [0.05, 0.1) is 0 Å². The average Bonchev–Trinajstić information content (AvgIpc) is 1.88. The van der Waals surface area contributed by atoms with Crippen LogP contribution < -0.4 is 0 Å². The molecule has 0 aromatic carbocycles. The van der Waals surface area contributed by atoms with Crippen molar-refractivity contribution in [2.45, 2.75) is 25.9 Å². The van der Waals surface area contributed by atoms with Crippen molar-refractivity contribution in [3.05, 3.63) is 22.2 Å². The van der Waals surface area contributed by atoms with Crippen LogP contribution in [-0.4, -0.2) is 6.17 Å². The van der Waals surface area contributed by atoms with Crippen LogP contribution in [0.1, 0.15) is 19.8 Å². The van der Waals surface area contributed by atoms with Crippen LogP contribution in [-0.2, 0) is 0 Å². The minimum absolute atomic E-state index is 0.797. The first-order valence-electron chi connectivity index (χ1n) is 3.41. The molecule has 1 aliphatic rings. The van der Waals surface area contributed by atoms with Gasteiger partial charge in [0.2, 0.25) is 0 Å². The second kappa shape index (κ2) is 3.33. The molecule has 0 amide bonds. The molecule has 1 rings (SSSR count). The van der Waals surface area contributed by atoms with E-state index in [-0.39, 0.29) is 0 Å². The Morgan fingerprint density at radius 2 is 2.40 bits per heavy atom. The fourth-order valence-corrected chi connectivity index (χ4v) is 1.68. The summed E-state index contributed by atoms with van der Waals surface area (Å²) >= 11 is 3.34. The van der Waals surface area contributed by atoms with Gasteiger partial charge in [-0.2, -0.15) is 0 Å². The second-order valence-electron chi connectivity index (χ2n) is 2.42. The molecule has 0 spiro atoms. The number of rotatable bonds is 1. The minimum Gasteiger partial charge on any atom is -0.243 e. The van der Waals surface area contributed by atoms with Gasteiger partial charge in [0.25, 0.3) is 0 Å². The van der Waals surface area contributed by atoms with Gasteiger partial charge in [0, 0.05) is 4.48 Å². The van der Waals surface area contributed by atoms with E-state index in [1.54, 1.807) is 6.92 Å². The Balaban J connectivity index is 2.79. The van der Waals surface area contributed by atoms with E-state index in [2.05, 4.69) is 15.9 Å². The quantitative estimate of drug-likeness (QED) is 0.615. The van der Waals surface area contributed by atoms with E-state index < -0.39 is 6.17 Å². The molecule has 10 heavy (non-hydrogen) atoms. The lowest BCUT2D eigenvalue weighted by atomic mass is 10.0. The van der Waals surface area contributed by atoms with E-state index in [4.69, 9.17) is 0 Å². The summed E-state index contributed by atoms with van der Waals surface area (Å²) in [5.41, 5.74) is 0.797. The topological polar surface area (TPSA) is 0 Å².